The summed E-state index contributed by atoms with van der Waals surface area (Å²) in [6.07, 6.45) is -8.76. The molecule has 0 amide bonds. The third-order valence-corrected chi connectivity index (χ3v) is 4.57. The third kappa shape index (κ3) is 6.74. The van der Waals surface area contributed by atoms with E-state index in [0.29, 0.717) is 6.42 Å². The summed E-state index contributed by atoms with van der Waals surface area (Å²) in [6, 6.07) is 11.3. The van der Waals surface area contributed by atoms with Crippen molar-refractivity contribution in [1.82, 2.24) is 9.97 Å². The van der Waals surface area contributed by atoms with Crippen LogP contribution in [0.15, 0.2) is 54.6 Å². The van der Waals surface area contributed by atoms with Crippen LogP contribution in [0.3, 0.4) is 0 Å². The van der Waals surface area contributed by atoms with Gasteiger partial charge < -0.3 is 15.4 Å². The number of nitrogens with one attached hydrogen (secondary N) is 2. The first-order valence-corrected chi connectivity index (χ1v) is 9.89. The van der Waals surface area contributed by atoms with Crippen molar-refractivity contribution in [2.75, 3.05) is 10.6 Å². The summed E-state index contributed by atoms with van der Waals surface area (Å²) in [5.74, 6) is -0.312. The number of hydrogen-bond donors (Lipinski definition) is 2. The van der Waals surface area contributed by atoms with E-state index in [4.69, 9.17) is 0 Å². The van der Waals surface area contributed by atoms with E-state index in [0.717, 1.165) is 18.2 Å². The minimum atomic E-state index is -4.87. The summed E-state index contributed by atoms with van der Waals surface area (Å²) in [5, 5.41) is 5.68. The predicted octanol–water partition coefficient (Wildman–Crippen LogP) is 7.02. The summed E-state index contributed by atoms with van der Waals surface area (Å²) in [5.41, 5.74) is -0.658. The molecule has 0 unspecified atom stereocenters. The first-order chi connectivity index (χ1) is 15.4. The molecule has 1 heterocycles. The predicted molar refractivity (Wildman–Crippen MR) is 112 cm³/mol. The molecule has 1 aromatic heterocycles. The Bertz CT molecular complexity index is 1100. The van der Waals surface area contributed by atoms with Gasteiger partial charge in [0, 0.05) is 17.7 Å². The molecule has 0 aliphatic carbocycles. The number of ether oxygens (including phenoxy) is 1. The molecule has 0 spiro atoms. The zero-order chi connectivity index (χ0) is 24.2. The van der Waals surface area contributed by atoms with Gasteiger partial charge in [-0.3, -0.25) is 0 Å². The number of rotatable bonds is 7. The standard InChI is InChI=1S/C22H20F6N4O/c1-3-13(2)29-20-31-18(14-7-6-8-15(11-14)33-22(26,27)28)12-19(32-20)30-17-10-5-4-9-16(17)21(23,24)25/h4-13H,3H2,1-2H3,(H2,29,30,31,32)/t13-/m0/s1. The van der Waals surface area contributed by atoms with Crippen molar-refractivity contribution in [3.63, 3.8) is 0 Å². The molecule has 5 nitrogen and oxygen atoms in total. The number of anilines is 3. The van der Waals surface area contributed by atoms with E-state index < -0.39 is 23.9 Å². The maximum Gasteiger partial charge on any atom is 0.573 e. The van der Waals surface area contributed by atoms with E-state index in [1.54, 1.807) is 0 Å². The Kier molecular flexibility index (Phi) is 6.99. The Labute approximate surface area is 185 Å². The van der Waals surface area contributed by atoms with Crippen LogP contribution in [0, 0.1) is 0 Å². The topological polar surface area (TPSA) is 59.1 Å². The quantitative estimate of drug-likeness (QED) is 0.364. The average Bonchev–Trinajstić information content (AvgIpc) is 2.72. The molecule has 176 valence electrons. The Morgan fingerprint density at radius 1 is 0.939 bits per heavy atom. The van der Waals surface area contributed by atoms with Gasteiger partial charge >= 0.3 is 12.5 Å². The normalized spacial score (nSPS) is 12.8. The van der Waals surface area contributed by atoms with Crippen molar-refractivity contribution in [3.8, 4) is 17.0 Å². The number of benzene rings is 2. The first-order valence-electron chi connectivity index (χ1n) is 9.89. The number of nitrogens with zero attached hydrogens (tertiary/aromatic N) is 2. The molecule has 33 heavy (non-hydrogen) atoms. The second kappa shape index (κ2) is 9.55. The average molecular weight is 470 g/mol. The Hall–Kier alpha value is -3.50. The monoisotopic (exact) mass is 470 g/mol. The van der Waals surface area contributed by atoms with Crippen molar-refractivity contribution in [2.24, 2.45) is 0 Å². The van der Waals surface area contributed by atoms with Crippen LogP contribution in [0.1, 0.15) is 25.8 Å². The lowest BCUT2D eigenvalue weighted by Crippen LogP contribution is -2.17. The molecule has 0 radical (unpaired) electrons. The molecule has 0 fully saturated rings. The molecule has 1 atom stereocenters. The van der Waals surface area contributed by atoms with Gasteiger partial charge in [-0.2, -0.15) is 18.2 Å². The van der Waals surface area contributed by atoms with Gasteiger partial charge in [0.15, 0.2) is 0 Å². The van der Waals surface area contributed by atoms with Crippen LogP contribution in [0.2, 0.25) is 0 Å². The van der Waals surface area contributed by atoms with Crippen LogP contribution in [0.25, 0.3) is 11.3 Å². The molecule has 3 rings (SSSR count). The van der Waals surface area contributed by atoms with Gasteiger partial charge in [-0.05, 0) is 37.6 Å². The molecule has 2 aromatic carbocycles. The van der Waals surface area contributed by atoms with E-state index in [9.17, 15) is 26.3 Å². The molecule has 0 aliphatic rings. The number of aromatic nitrogens is 2. The second-order valence-corrected chi connectivity index (χ2v) is 7.16. The molecular formula is C22H20F6N4O. The van der Waals surface area contributed by atoms with Gasteiger partial charge in [-0.25, -0.2) is 4.98 Å². The summed E-state index contributed by atoms with van der Waals surface area (Å²) in [7, 11) is 0. The largest absolute Gasteiger partial charge is 0.573 e. The Morgan fingerprint density at radius 2 is 1.67 bits per heavy atom. The fourth-order valence-electron chi connectivity index (χ4n) is 2.88. The van der Waals surface area contributed by atoms with Crippen LogP contribution in [0.5, 0.6) is 5.75 Å². The number of alkyl halides is 6. The second-order valence-electron chi connectivity index (χ2n) is 7.16. The maximum absolute atomic E-state index is 13.4. The highest BCUT2D eigenvalue weighted by Gasteiger charge is 2.33. The molecule has 11 heteroatoms. The van der Waals surface area contributed by atoms with Crippen LogP contribution in [-0.2, 0) is 6.18 Å². The highest BCUT2D eigenvalue weighted by Crippen LogP contribution is 2.36. The van der Waals surface area contributed by atoms with E-state index in [1.807, 2.05) is 13.8 Å². The van der Waals surface area contributed by atoms with Crippen LogP contribution >= 0.6 is 0 Å². The fraction of sp³-hybridized carbons (Fsp3) is 0.273. The zero-order valence-corrected chi connectivity index (χ0v) is 17.6. The zero-order valence-electron chi connectivity index (χ0n) is 17.6. The van der Waals surface area contributed by atoms with E-state index in [2.05, 4.69) is 25.3 Å². The highest BCUT2D eigenvalue weighted by atomic mass is 19.4. The minimum Gasteiger partial charge on any atom is -0.406 e. The molecular weight excluding hydrogens is 450 g/mol. The van der Waals surface area contributed by atoms with Gasteiger partial charge in [0.2, 0.25) is 5.95 Å². The SMILES string of the molecule is CC[C@H](C)Nc1nc(Nc2ccccc2C(F)(F)F)cc(-c2cccc(OC(F)(F)F)c2)n1. The molecule has 2 N–H and O–H groups in total. The van der Waals surface area contributed by atoms with Gasteiger partial charge in [0.1, 0.15) is 11.6 Å². The summed E-state index contributed by atoms with van der Waals surface area (Å²) in [6.45, 7) is 3.78. The summed E-state index contributed by atoms with van der Waals surface area (Å²) < 4.78 is 81.9. The number of para-hydroxylation sites is 1. The van der Waals surface area contributed by atoms with Crippen molar-refractivity contribution in [3.05, 3.63) is 60.2 Å². The Morgan fingerprint density at radius 3 is 2.33 bits per heavy atom. The molecule has 0 bridgehead atoms. The van der Waals surface area contributed by atoms with E-state index in [1.165, 1.54) is 36.4 Å². The Balaban J connectivity index is 2.04. The van der Waals surface area contributed by atoms with Crippen molar-refractivity contribution in [1.29, 1.82) is 0 Å². The molecule has 0 aliphatic heterocycles. The van der Waals surface area contributed by atoms with E-state index in [-0.39, 0.29) is 34.8 Å². The minimum absolute atomic E-state index is 0.0321. The highest BCUT2D eigenvalue weighted by molar-refractivity contribution is 5.69. The van der Waals surface area contributed by atoms with Crippen molar-refractivity contribution in [2.45, 2.75) is 38.8 Å². The van der Waals surface area contributed by atoms with Crippen LogP contribution in [0.4, 0.5) is 43.8 Å². The molecule has 0 saturated heterocycles. The van der Waals surface area contributed by atoms with Crippen LogP contribution in [-0.4, -0.2) is 22.4 Å². The number of halogens is 6. The van der Waals surface area contributed by atoms with Crippen molar-refractivity contribution >= 4 is 17.5 Å². The lowest BCUT2D eigenvalue weighted by molar-refractivity contribution is -0.274. The van der Waals surface area contributed by atoms with Gasteiger partial charge in [0.05, 0.1) is 16.9 Å². The van der Waals surface area contributed by atoms with Crippen molar-refractivity contribution < 1.29 is 31.1 Å². The lowest BCUT2D eigenvalue weighted by atomic mass is 10.1. The van der Waals surface area contributed by atoms with Gasteiger partial charge in [-0.15, -0.1) is 13.2 Å². The summed E-state index contributed by atoms with van der Waals surface area (Å²) in [4.78, 5) is 8.56. The van der Waals surface area contributed by atoms with Gasteiger partial charge in [0.25, 0.3) is 0 Å². The van der Waals surface area contributed by atoms with Crippen LogP contribution < -0.4 is 15.4 Å². The molecule has 0 saturated carbocycles. The lowest BCUT2D eigenvalue weighted by Gasteiger charge is -2.17. The van der Waals surface area contributed by atoms with E-state index >= 15 is 0 Å². The van der Waals surface area contributed by atoms with Gasteiger partial charge in [-0.1, -0.05) is 31.2 Å². The molecule has 3 aromatic rings. The maximum atomic E-state index is 13.4. The smallest absolute Gasteiger partial charge is 0.406 e. The third-order valence-electron chi connectivity index (χ3n) is 4.57. The number of hydrogen-bond acceptors (Lipinski definition) is 5. The fourth-order valence-corrected chi connectivity index (χ4v) is 2.88. The summed E-state index contributed by atoms with van der Waals surface area (Å²) >= 11 is 0. The first kappa shape index (κ1) is 24.1.